The van der Waals surface area contributed by atoms with Crippen molar-refractivity contribution in [3.63, 3.8) is 0 Å². The smallest absolute Gasteiger partial charge is 0.423 e. The zero-order chi connectivity index (χ0) is 21.6. The highest BCUT2D eigenvalue weighted by atomic mass is 31.1. The first-order valence-electron chi connectivity index (χ1n) is 9.49. The van der Waals surface area contributed by atoms with Gasteiger partial charge in [0.1, 0.15) is 18.1 Å². The molecule has 0 N–H and O–H groups in total. The highest BCUT2D eigenvalue weighted by molar-refractivity contribution is 7.80. The van der Waals surface area contributed by atoms with Gasteiger partial charge in [0.2, 0.25) is 0 Å². The second-order valence-corrected chi connectivity index (χ2v) is 8.75. The molecule has 31 heavy (non-hydrogen) atoms. The van der Waals surface area contributed by atoms with Crippen LogP contribution in [-0.2, 0) is 11.3 Å². The quantitative estimate of drug-likeness (QED) is 0.148. The Morgan fingerprint density at radius 3 is 2.13 bits per heavy atom. The molecule has 0 atom stereocenters. The van der Waals surface area contributed by atoms with Crippen LogP contribution in [0.5, 0.6) is 5.75 Å². The van der Waals surface area contributed by atoms with Gasteiger partial charge in [-0.15, -0.1) is 0 Å². The van der Waals surface area contributed by atoms with E-state index in [0.717, 1.165) is 20.5 Å². The second-order valence-electron chi connectivity index (χ2n) is 6.56. The van der Waals surface area contributed by atoms with Gasteiger partial charge in [-0.25, -0.2) is 9.36 Å². The van der Waals surface area contributed by atoms with Crippen LogP contribution in [0, 0.1) is 10.1 Å². The number of imidazole rings is 1. The van der Waals surface area contributed by atoms with Crippen molar-refractivity contribution in [3.8, 4) is 5.75 Å². The fourth-order valence-electron chi connectivity index (χ4n) is 3.20. The summed E-state index contributed by atoms with van der Waals surface area (Å²) in [6, 6.07) is 27.5. The lowest BCUT2D eigenvalue weighted by atomic mass is 10.3. The van der Waals surface area contributed by atoms with Crippen molar-refractivity contribution in [1.82, 2.24) is 9.55 Å². The van der Waals surface area contributed by atoms with Crippen LogP contribution in [0.3, 0.4) is 0 Å². The van der Waals surface area contributed by atoms with Gasteiger partial charge in [0.05, 0.1) is 0 Å². The summed E-state index contributed by atoms with van der Waals surface area (Å²) in [7, 11) is -0.968. The van der Waals surface area contributed by atoms with E-state index in [-0.39, 0.29) is 6.54 Å². The van der Waals surface area contributed by atoms with Crippen LogP contribution in [0.15, 0.2) is 97.3 Å². The zero-order valence-corrected chi connectivity index (χ0v) is 17.3. The molecule has 4 aromatic rings. The standard InChI is InChI=1S/C23H18N3O4P/c27-22(17-25-16-15-24-23(25)26(28)29)30-20-13-7-8-14-21(20)31(18-9-3-1-4-10-18)19-11-5-2-6-12-19/h1-16H,17H2. The van der Waals surface area contributed by atoms with Gasteiger partial charge in [-0.2, -0.15) is 0 Å². The van der Waals surface area contributed by atoms with E-state index in [1.165, 1.54) is 12.4 Å². The molecule has 4 rings (SSSR count). The number of carbonyl (C=O) groups is 1. The van der Waals surface area contributed by atoms with Crippen molar-refractivity contribution in [2.24, 2.45) is 0 Å². The zero-order valence-electron chi connectivity index (χ0n) is 16.4. The summed E-state index contributed by atoms with van der Waals surface area (Å²) in [5.74, 6) is -0.570. The van der Waals surface area contributed by atoms with Crippen LogP contribution in [0.2, 0.25) is 0 Å². The SMILES string of the molecule is O=C(Cn1ccnc1[N+](=O)[O-])Oc1ccccc1P(c1ccccc1)c1ccccc1. The molecule has 0 unspecified atom stereocenters. The molecule has 0 radical (unpaired) electrons. The largest absolute Gasteiger partial charge is 0.435 e. The average Bonchev–Trinajstić information content (AvgIpc) is 3.25. The van der Waals surface area contributed by atoms with Gasteiger partial charge in [0.15, 0.2) is 6.54 Å². The Balaban J connectivity index is 1.67. The number of hydrogen-bond donors (Lipinski definition) is 0. The number of rotatable bonds is 7. The molecule has 0 amide bonds. The number of nitro groups is 1. The highest BCUT2D eigenvalue weighted by Gasteiger charge is 2.23. The normalized spacial score (nSPS) is 10.7. The first-order valence-corrected chi connectivity index (χ1v) is 10.8. The van der Waals surface area contributed by atoms with Crippen molar-refractivity contribution in [2.45, 2.75) is 6.54 Å². The van der Waals surface area contributed by atoms with Gasteiger partial charge in [-0.05, 0) is 29.5 Å². The lowest BCUT2D eigenvalue weighted by molar-refractivity contribution is -0.396. The summed E-state index contributed by atoms with van der Waals surface area (Å²) >= 11 is 0. The van der Waals surface area contributed by atoms with E-state index in [2.05, 4.69) is 29.2 Å². The number of para-hydroxylation sites is 1. The fraction of sp³-hybridized carbons (Fsp3) is 0.0435. The van der Waals surface area contributed by atoms with E-state index in [4.69, 9.17) is 4.74 Å². The molecule has 1 aromatic heterocycles. The summed E-state index contributed by atoms with van der Waals surface area (Å²) in [5, 5.41) is 14.2. The summed E-state index contributed by atoms with van der Waals surface area (Å²) in [5.41, 5.74) is 0. The van der Waals surface area contributed by atoms with E-state index in [1.54, 1.807) is 12.1 Å². The molecule has 0 aliphatic carbocycles. The van der Waals surface area contributed by atoms with Crippen LogP contribution in [-0.4, -0.2) is 20.4 Å². The molecule has 0 saturated carbocycles. The molecule has 3 aromatic carbocycles. The first kappa shape index (κ1) is 20.4. The van der Waals surface area contributed by atoms with Gasteiger partial charge < -0.3 is 14.9 Å². The minimum absolute atomic E-state index is 0.306. The molecule has 0 aliphatic rings. The fourth-order valence-corrected chi connectivity index (χ4v) is 5.57. The van der Waals surface area contributed by atoms with E-state index in [9.17, 15) is 14.9 Å². The van der Waals surface area contributed by atoms with Crippen molar-refractivity contribution in [3.05, 3.63) is 107 Å². The Kier molecular flexibility index (Phi) is 6.15. The minimum atomic E-state index is -0.968. The monoisotopic (exact) mass is 431 g/mol. The molecule has 0 spiro atoms. The number of esters is 1. The van der Waals surface area contributed by atoms with E-state index < -0.39 is 24.8 Å². The van der Waals surface area contributed by atoms with Crippen molar-refractivity contribution in [1.29, 1.82) is 0 Å². The number of hydrogen-bond acceptors (Lipinski definition) is 5. The molecule has 0 saturated heterocycles. The molecule has 0 fully saturated rings. The Morgan fingerprint density at radius 2 is 1.52 bits per heavy atom. The van der Waals surface area contributed by atoms with Gasteiger partial charge in [0, 0.05) is 5.30 Å². The Bertz CT molecular complexity index is 1160. The van der Waals surface area contributed by atoms with Crippen LogP contribution < -0.4 is 20.7 Å². The lowest BCUT2D eigenvalue weighted by Gasteiger charge is -2.21. The molecular weight excluding hydrogens is 413 g/mol. The van der Waals surface area contributed by atoms with Crippen LogP contribution in [0.4, 0.5) is 5.95 Å². The maximum atomic E-state index is 12.6. The van der Waals surface area contributed by atoms with E-state index >= 15 is 0 Å². The average molecular weight is 431 g/mol. The Hall–Kier alpha value is -3.83. The maximum Gasteiger partial charge on any atom is 0.435 e. The third kappa shape index (κ3) is 4.68. The number of ether oxygens (including phenoxy) is 1. The van der Waals surface area contributed by atoms with Crippen LogP contribution >= 0.6 is 7.92 Å². The van der Waals surface area contributed by atoms with Crippen molar-refractivity contribution >= 4 is 35.8 Å². The Labute approximate surface area is 179 Å². The second kappa shape index (κ2) is 9.32. The molecule has 1 heterocycles. The van der Waals surface area contributed by atoms with Gasteiger partial charge in [-0.1, -0.05) is 83.8 Å². The highest BCUT2D eigenvalue weighted by Crippen LogP contribution is 2.36. The third-order valence-electron chi connectivity index (χ3n) is 4.51. The van der Waals surface area contributed by atoms with Gasteiger partial charge in [0.25, 0.3) is 0 Å². The molecule has 8 heteroatoms. The summed E-state index contributed by atoms with van der Waals surface area (Å²) in [4.78, 5) is 26.7. The third-order valence-corrected chi connectivity index (χ3v) is 7.00. The van der Waals surface area contributed by atoms with Crippen molar-refractivity contribution in [2.75, 3.05) is 0 Å². The molecule has 154 valence electrons. The van der Waals surface area contributed by atoms with Crippen molar-refractivity contribution < 1.29 is 14.5 Å². The van der Waals surface area contributed by atoms with Crippen LogP contribution in [0.1, 0.15) is 0 Å². The molecule has 0 bridgehead atoms. The number of nitrogens with zero attached hydrogens (tertiary/aromatic N) is 3. The lowest BCUT2D eigenvalue weighted by Crippen LogP contribution is -2.24. The molecular formula is C23H18N3O4P. The van der Waals surface area contributed by atoms with Gasteiger partial charge >= 0.3 is 11.9 Å². The summed E-state index contributed by atoms with van der Waals surface area (Å²) in [6.45, 7) is -0.306. The number of carbonyl (C=O) groups excluding carboxylic acids is 1. The predicted octanol–water partition coefficient (Wildman–Crippen LogP) is 3.16. The molecule has 7 nitrogen and oxygen atoms in total. The predicted molar refractivity (Wildman–Crippen MR) is 120 cm³/mol. The minimum Gasteiger partial charge on any atom is -0.423 e. The molecule has 0 aliphatic heterocycles. The summed E-state index contributed by atoms with van der Waals surface area (Å²) in [6.07, 6.45) is 2.66. The maximum absolute atomic E-state index is 12.6. The van der Waals surface area contributed by atoms with E-state index in [1.807, 2.05) is 48.5 Å². The van der Waals surface area contributed by atoms with Crippen LogP contribution in [0.25, 0.3) is 0 Å². The first-order chi connectivity index (χ1) is 15.1. The van der Waals surface area contributed by atoms with Gasteiger partial charge in [-0.3, -0.25) is 0 Å². The number of benzene rings is 3. The van der Waals surface area contributed by atoms with E-state index in [0.29, 0.717) is 5.75 Å². The topological polar surface area (TPSA) is 87.3 Å². The summed E-state index contributed by atoms with van der Waals surface area (Å²) < 4.78 is 6.84. The Morgan fingerprint density at radius 1 is 0.935 bits per heavy atom. The number of aromatic nitrogens is 2.